The highest BCUT2D eigenvalue weighted by atomic mass is 32.2. The van der Waals surface area contributed by atoms with Crippen molar-refractivity contribution >= 4 is 15.9 Å². The molecule has 4 rings (SSSR count). The Morgan fingerprint density at radius 3 is 2.39 bits per heavy atom. The van der Waals surface area contributed by atoms with E-state index in [1.165, 1.54) is 17.2 Å². The van der Waals surface area contributed by atoms with Crippen LogP contribution in [0.5, 0.6) is 0 Å². The number of amides is 1. The zero-order valence-electron chi connectivity index (χ0n) is 15.9. The normalized spacial score (nSPS) is 15.9. The lowest BCUT2D eigenvalue weighted by atomic mass is 10.2. The van der Waals surface area contributed by atoms with E-state index in [9.17, 15) is 26.4 Å². The van der Waals surface area contributed by atoms with Gasteiger partial charge < -0.3 is 13.8 Å². The molecule has 31 heavy (non-hydrogen) atoms. The molecular weight excluding hydrogens is 439 g/mol. The van der Waals surface area contributed by atoms with Gasteiger partial charge in [0, 0.05) is 32.2 Å². The first kappa shape index (κ1) is 21.1. The number of benzene rings is 1. The van der Waals surface area contributed by atoms with Crippen molar-refractivity contribution in [1.29, 1.82) is 0 Å². The number of nitrogens with zero attached hydrogens (tertiary/aromatic N) is 3. The van der Waals surface area contributed by atoms with Gasteiger partial charge in [0.1, 0.15) is 0 Å². The highest BCUT2D eigenvalue weighted by Crippen LogP contribution is 2.31. The molecule has 1 amide bonds. The minimum Gasteiger partial charge on any atom is -0.461 e. The van der Waals surface area contributed by atoms with Crippen molar-refractivity contribution in [1.82, 2.24) is 14.4 Å². The van der Waals surface area contributed by atoms with E-state index in [0.29, 0.717) is 11.8 Å². The second-order valence-corrected chi connectivity index (χ2v) is 8.71. The number of furan rings is 1. The van der Waals surface area contributed by atoms with E-state index < -0.39 is 32.6 Å². The molecule has 0 aliphatic carbocycles. The zero-order chi connectivity index (χ0) is 22.2. The molecule has 1 saturated heterocycles. The topological polar surface area (TPSA) is 96.9 Å². The fourth-order valence-corrected chi connectivity index (χ4v) is 4.65. The second-order valence-electron chi connectivity index (χ2n) is 6.78. The summed E-state index contributed by atoms with van der Waals surface area (Å²) in [4.78, 5) is 13.6. The van der Waals surface area contributed by atoms with Crippen LogP contribution in [-0.2, 0) is 16.2 Å². The van der Waals surface area contributed by atoms with Gasteiger partial charge in [-0.1, -0.05) is 11.2 Å². The maximum absolute atomic E-state index is 12.9. The Morgan fingerprint density at radius 2 is 1.74 bits per heavy atom. The highest BCUT2D eigenvalue weighted by molar-refractivity contribution is 7.89. The van der Waals surface area contributed by atoms with Gasteiger partial charge in [0.15, 0.2) is 11.5 Å². The Kier molecular flexibility index (Phi) is 5.35. The van der Waals surface area contributed by atoms with Crippen molar-refractivity contribution in [3.63, 3.8) is 0 Å². The molecule has 0 unspecified atom stereocenters. The van der Waals surface area contributed by atoms with E-state index in [2.05, 4.69) is 5.16 Å². The van der Waals surface area contributed by atoms with Crippen LogP contribution in [0.25, 0.3) is 11.5 Å². The summed E-state index contributed by atoms with van der Waals surface area (Å²) < 4.78 is 75.6. The third-order valence-electron chi connectivity index (χ3n) is 4.82. The summed E-state index contributed by atoms with van der Waals surface area (Å²) in [6, 6.07) is 8.32. The van der Waals surface area contributed by atoms with E-state index in [1.54, 1.807) is 12.1 Å². The number of hydrogen-bond acceptors (Lipinski definition) is 6. The van der Waals surface area contributed by atoms with Gasteiger partial charge in [-0.25, -0.2) is 8.42 Å². The summed E-state index contributed by atoms with van der Waals surface area (Å²) in [7, 11) is -4.14. The molecule has 0 radical (unpaired) electrons. The molecule has 1 aliphatic rings. The number of aromatic nitrogens is 1. The molecule has 0 N–H and O–H groups in total. The molecule has 0 atom stereocenters. The molecule has 1 fully saturated rings. The van der Waals surface area contributed by atoms with Crippen molar-refractivity contribution in [2.75, 3.05) is 26.2 Å². The third kappa shape index (κ3) is 4.21. The van der Waals surface area contributed by atoms with E-state index in [0.717, 1.165) is 22.5 Å². The highest BCUT2D eigenvalue weighted by Gasteiger charge is 2.35. The van der Waals surface area contributed by atoms with Gasteiger partial charge in [0.25, 0.3) is 5.91 Å². The molecule has 0 bridgehead atoms. The van der Waals surface area contributed by atoms with Gasteiger partial charge in [0.2, 0.25) is 15.8 Å². The fraction of sp³-hybridized carbons (Fsp3) is 0.263. The Hall–Kier alpha value is -3.12. The Bertz CT molecular complexity index is 1180. The SMILES string of the molecule is O=C(c1cc(-c2ccco2)on1)N1CCN(S(=O)(=O)c2cccc(C(F)(F)F)c2)CC1. The predicted molar refractivity (Wildman–Crippen MR) is 100 cm³/mol. The maximum atomic E-state index is 12.9. The van der Waals surface area contributed by atoms with Crippen LogP contribution in [0.1, 0.15) is 16.1 Å². The largest absolute Gasteiger partial charge is 0.461 e. The summed E-state index contributed by atoms with van der Waals surface area (Å²) in [6.45, 7) is -0.0135. The van der Waals surface area contributed by atoms with E-state index >= 15 is 0 Å². The van der Waals surface area contributed by atoms with Gasteiger partial charge in [0.05, 0.1) is 16.7 Å². The van der Waals surface area contributed by atoms with Crippen LogP contribution in [0.3, 0.4) is 0 Å². The lowest BCUT2D eigenvalue weighted by Crippen LogP contribution is -2.50. The first-order chi connectivity index (χ1) is 14.7. The van der Waals surface area contributed by atoms with Crippen LogP contribution in [0.4, 0.5) is 13.2 Å². The van der Waals surface area contributed by atoms with E-state index in [-0.39, 0.29) is 37.6 Å². The van der Waals surface area contributed by atoms with Gasteiger partial charge in [-0.05, 0) is 30.3 Å². The lowest BCUT2D eigenvalue weighted by Gasteiger charge is -2.33. The summed E-state index contributed by atoms with van der Waals surface area (Å²) in [5.74, 6) is 0.236. The summed E-state index contributed by atoms with van der Waals surface area (Å²) in [5.41, 5.74) is -0.999. The number of carbonyl (C=O) groups excluding carboxylic acids is 1. The minimum atomic E-state index is -4.65. The maximum Gasteiger partial charge on any atom is 0.416 e. The third-order valence-corrected chi connectivity index (χ3v) is 6.71. The van der Waals surface area contributed by atoms with E-state index in [4.69, 9.17) is 8.94 Å². The second kappa shape index (κ2) is 7.85. The number of rotatable bonds is 4. The Balaban J connectivity index is 1.44. The zero-order valence-corrected chi connectivity index (χ0v) is 16.7. The summed E-state index contributed by atoms with van der Waals surface area (Å²) >= 11 is 0. The number of sulfonamides is 1. The quantitative estimate of drug-likeness (QED) is 0.600. The molecule has 1 aromatic carbocycles. The molecule has 12 heteroatoms. The number of alkyl halides is 3. The van der Waals surface area contributed by atoms with Gasteiger partial charge in [-0.2, -0.15) is 17.5 Å². The first-order valence-electron chi connectivity index (χ1n) is 9.13. The van der Waals surface area contributed by atoms with Crippen LogP contribution in [0, 0.1) is 0 Å². The first-order valence-corrected chi connectivity index (χ1v) is 10.6. The molecular formula is C19H16F3N3O5S. The number of piperazine rings is 1. The molecule has 8 nitrogen and oxygen atoms in total. The molecule has 0 saturated carbocycles. The van der Waals surface area contributed by atoms with Crippen LogP contribution in [-0.4, -0.2) is 54.9 Å². The number of halogens is 3. The smallest absolute Gasteiger partial charge is 0.416 e. The van der Waals surface area contributed by atoms with Crippen molar-refractivity contribution in [2.45, 2.75) is 11.1 Å². The van der Waals surface area contributed by atoms with Crippen LogP contribution >= 0.6 is 0 Å². The van der Waals surface area contributed by atoms with E-state index in [1.807, 2.05) is 0 Å². The van der Waals surface area contributed by atoms with Crippen LogP contribution < -0.4 is 0 Å². The monoisotopic (exact) mass is 455 g/mol. The fourth-order valence-electron chi connectivity index (χ4n) is 3.19. The van der Waals surface area contributed by atoms with Gasteiger partial charge >= 0.3 is 6.18 Å². The average Bonchev–Trinajstić information content (AvgIpc) is 3.45. The Morgan fingerprint density at radius 1 is 1.00 bits per heavy atom. The molecule has 1 aliphatic heterocycles. The lowest BCUT2D eigenvalue weighted by molar-refractivity contribution is -0.137. The molecule has 3 heterocycles. The number of hydrogen-bond donors (Lipinski definition) is 0. The van der Waals surface area contributed by atoms with Crippen molar-refractivity contribution in [3.8, 4) is 11.5 Å². The molecule has 2 aromatic heterocycles. The van der Waals surface area contributed by atoms with Crippen molar-refractivity contribution < 1.29 is 35.3 Å². The predicted octanol–water partition coefficient (Wildman–Crippen LogP) is 3.10. The van der Waals surface area contributed by atoms with Gasteiger partial charge in [-0.3, -0.25) is 4.79 Å². The van der Waals surface area contributed by atoms with Crippen LogP contribution in [0.15, 0.2) is 62.6 Å². The standard InChI is InChI=1S/C19H16F3N3O5S/c20-19(21,22)13-3-1-4-14(11-13)31(27,28)25-8-6-24(7-9-25)18(26)15-12-17(30-23-15)16-5-2-10-29-16/h1-5,10-12H,6-9H2. The van der Waals surface area contributed by atoms with Crippen molar-refractivity contribution in [3.05, 3.63) is 60.0 Å². The minimum absolute atomic E-state index is 0.0422. The average molecular weight is 455 g/mol. The number of carbonyl (C=O) groups is 1. The molecule has 3 aromatic rings. The van der Waals surface area contributed by atoms with Crippen LogP contribution in [0.2, 0.25) is 0 Å². The summed E-state index contributed by atoms with van der Waals surface area (Å²) in [5, 5.41) is 3.73. The summed E-state index contributed by atoms with van der Waals surface area (Å²) in [6.07, 6.45) is -3.20. The molecule has 0 spiro atoms. The Labute approximate surface area is 174 Å². The molecule has 164 valence electrons. The van der Waals surface area contributed by atoms with Crippen molar-refractivity contribution in [2.24, 2.45) is 0 Å². The van der Waals surface area contributed by atoms with Gasteiger partial charge in [-0.15, -0.1) is 0 Å².